The highest BCUT2D eigenvalue weighted by Gasteiger charge is 2.14. The van der Waals surface area contributed by atoms with Crippen LogP contribution in [0.25, 0.3) is 11.1 Å². The highest BCUT2D eigenvalue weighted by Crippen LogP contribution is 2.38. The molecule has 0 aromatic heterocycles. The van der Waals surface area contributed by atoms with Gasteiger partial charge in [0.1, 0.15) is 0 Å². The zero-order valence-electron chi connectivity index (χ0n) is 8.07. The van der Waals surface area contributed by atoms with Crippen LogP contribution in [0.3, 0.4) is 0 Å². The molecule has 0 amide bonds. The van der Waals surface area contributed by atoms with Crippen molar-refractivity contribution in [3.05, 3.63) is 44.9 Å². The van der Waals surface area contributed by atoms with Crippen molar-refractivity contribution in [2.45, 2.75) is 13.8 Å². The zero-order valence-corrected chi connectivity index (χ0v) is 10.4. The summed E-state index contributed by atoms with van der Waals surface area (Å²) in [5, 5.41) is 0.891. The minimum Gasteiger partial charge on any atom is -0.0837 e. The molecule has 0 aromatic carbocycles. The Labute approximate surface area is 97.4 Å². The molecule has 0 bridgehead atoms. The Bertz CT molecular complexity index is 423. The first-order chi connectivity index (χ1) is 6.61. The number of rotatable bonds is 0. The second-order valence-electron chi connectivity index (χ2n) is 3.44. The van der Waals surface area contributed by atoms with E-state index in [9.17, 15) is 0 Å². The van der Waals surface area contributed by atoms with E-state index in [1.54, 1.807) is 0 Å². The second-order valence-corrected chi connectivity index (χ2v) is 4.74. The van der Waals surface area contributed by atoms with Crippen LogP contribution < -0.4 is 0 Å². The van der Waals surface area contributed by atoms with E-state index >= 15 is 0 Å². The molecule has 0 radical (unpaired) electrons. The van der Waals surface area contributed by atoms with Gasteiger partial charge < -0.3 is 0 Å². The van der Waals surface area contributed by atoms with Crippen LogP contribution in [0.5, 0.6) is 0 Å². The summed E-state index contributed by atoms with van der Waals surface area (Å²) in [5.74, 6) is 0. The van der Waals surface area contributed by atoms with Crippen molar-refractivity contribution in [1.29, 1.82) is 0 Å². The lowest BCUT2D eigenvalue weighted by Crippen LogP contribution is -1.70. The SMILES string of the molecule is Cc1c2ccc(Br)ccc-2c(C)c1Cl. The lowest BCUT2D eigenvalue weighted by atomic mass is 10.1. The van der Waals surface area contributed by atoms with Crippen LogP contribution in [0.15, 0.2) is 28.7 Å². The largest absolute Gasteiger partial charge is 0.0837 e. The Morgan fingerprint density at radius 1 is 0.929 bits per heavy atom. The first-order valence-corrected chi connectivity index (χ1v) is 5.62. The summed E-state index contributed by atoms with van der Waals surface area (Å²) in [6.07, 6.45) is 0. The Morgan fingerprint density at radius 2 is 1.36 bits per heavy atom. The van der Waals surface area contributed by atoms with Crippen LogP contribution in [-0.2, 0) is 0 Å². The molecule has 0 unspecified atom stereocenters. The molecule has 2 aliphatic carbocycles. The molecular formula is C12H10BrCl. The molecule has 72 valence electrons. The average molecular weight is 270 g/mol. The van der Waals surface area contributed by atoms with E-state index in [1.165, 1.54) is 22.3 Å². The van der Waals surface area contributed by atoms with Crippen molar-refractivity contribution in [3.63, 3.8) is 0 Å². The maximum absolute atomic E-state index is 6.19. The fourth-order valence-electron chi connectivity index (χ4n) is 1.73. The van der Waals surface area contributed by atoms with Crippen LogP contribution in [0.1, 0.15) is 11.1 Å². The maximum Gasteiger partial charge on any atom is 0.0476 e. The molecule has 0 saturated heterocycles. The van der Waals surface area contributed by atoms with Gasteiger partial charge in [-0.2, -0.15) is 0 Å². The quantitative estimate of drug-likeness (QED) is 0.643. The minimum absolute atomic E-state index is 0.891. The van der Waals surface area contributed by atoms with E-state index in [0.717, 1.165) is 9.50 Å². The molecule has 0 spiro atoms. The molecule has 0 nitrogen and oxygen atoms in total. The van der Waals surface area contributed by atoms with E-state index in [1.807, 2.05) is 12.1 Å². The van der Waals surface area contributed by atoms with Gasteiger partial charge in [-0.25, -0.2) is 0 Å². The van der Waals surface area contributed by atoms with Crippen LogP contribution in [0.4, 0.5) is 0 Å². The lowest BCUT2D eigenvalue weighted by Gasteiger charge is -1.93. The van der Waals surface area contributed by atoms with Crippen LogP contribution >= 0.6 is 27.5 Å². The highest BCUT2D eigenvalue weighted by atomic mass is 79.9. The molecule has 14 heavy (non-hydrogen) atoms. The van der Waals surface area contributed by atoms with Gasteiger partial charge in [0.05, 0.1) is 0 Å². The normalized spacial score (nSPS) is 10.9. The van der Waals surface area contributed by atoms with Gasteiger partial charge in [-0.05, 0) is 48.2 Å². The van der Waals surface area contributed by atoms with Gasteiger partial charge in [0.15, 0.2) is 0 Å². The third-order valence-corrected chi connectivity index (χ3v) is 3.67. The second kappa shape index (κ2) is 3.56. The number of fused-ring (bicyclic) bond motifs is 1. The van der Waals surface area contributed by atoms with Crippen molar-refractivity contribution >= 4 is 27.5 Å². The topological polar surface area (TPSA) is 0 Å². The van der Waals surface area contributed by atoms with Crippen molar-refractivity contribution in [1.82, 2.24) is 0 Å². The summed E-state index contributed by atoms with van der Waals surface area (Å²) in [6, 6.07) is 8.30. The summed E-state index contributed by atoms with van der Waals surface area (Å²) in [7, 11) is 0. The predicted octanol–water partition coefficient (Wildman–Crippen LogP) is 4.82. The van der Waals surface area contributed by atoms with Gasteiger partial charge in [-0.3, -0.25) is 0 Å². The highest BCUT2D eigenvalue weighted by molar-refractivity contribution is 9.10. The lowest BCUT2D eigenvalue weighted by molar-refractivity contribution is 1.50. The number of halogens is 2. The van der Waals surface area contributed by atoms with Crippen molar-refractivity contribution in [2.75, 3.05) is 0 Å². The molecule has 0 aromatic rings. The molecular weight excluding hydrogens is 259 g/mol. The Balaban J connectivity index is 2.84. The monoisotopic (exact) mass is 268 g/mol. The molecule has 2 aliphatic rings. The molecule has 0 N–H and O–H groups in total. The van der Waals surface area contributed by atoms with Gasteiger partial charge in [0, 0.05) is 9.50 Å². The standard InChI is InChI=1S/C12H10BrCl/c1-7-10-5-3-9(13)4-6-11(10)8(2)12(7)14/h3-6H,1-2H3. The number of hydrogen-bond acceptors (Lipinski definition) is 0. The minimum atomic E-state index is 0.891. The molecule has 0 atom stereocenters. The predicted molar refractivity (Wildman–Crippen MR) is 65.2 cm³/mol. The summed E-state index contributed by atoms with van der Waals surface area (Å²) < 4.78 is 1.09. The number of hydrogen-bond donors (Lipinski definition) is 0. The van der Waals surface area contributed by atoms with Gasteiger partial charge in [-0.15, -0.1) is 0 Å². The van der Waals surface area contributed by atoms with Crippen molar-refractivity contribution in [2.24, 2.45) is 0 Å². The summed E-state index contributed by atoms with van der Waals surface area (Å²) in [6.45, 7) is 4.12. The van der Waals surface area contributed by atoms with Gasteiger partial charge >= 0.3 is 0 Å². The van der Waals surface area contributed by atoms with E-state index < -0.39 is 0 Å². The van der Waals surface area contributed by atoms with Crippen LogP contribution in [0, 0.1) is 13.8 Å². The van der Waals surface area contributed by atoms with Crippen LogP contribution in [-0.4, -0.2) is 0 Å². The van der Waals surface area contributed by atoms with E-state index in [0.29, 0.717) is 0 Å². The third-order valence-electron chi connectivity index (χ3n) is 2.58. The van der Waals surface area contributed by atoms with Crippen molar-refractivity contribution < 1.29 is 0 Å². The zero-order chi connectivity index (χ0) is 10.3. The van der Waals surface area contributed by atoms with E-state index in [2.05, 4.69) is 41.9 Å². The van der Waals surface area contributed by atoms with Gasteiger partial charge in [-0.1, -0.05) is 39.7 Å². The van der Waals surface area contributed by atoms with Gasteiger partial charge in [0.2, 0.25) is 0 Å². The maximum atomic E-state index is 6.19. The third kappa shape index (κ3) is 1.45. The van der Waals surface area contributed by atoms with Crippen molar-refractivity contribution in [3.8, 4) is 11.1 Å². The summed E-state index contributed by atoms with van der Waals surface area (Å²) in [4.78, 5) is 0. The first-order valence-electron chi connectivity index (χ1n) is 4.45. The fourth-order valence-corrected chi connectivity index (χ4v) is 2.20. The van der Waals surface area contributed by atoms with E-state index in [-0.39, 0.29) is 0 Å². The molecule has 2 rings (SSSR count). The van der Waals surface area contributed by atoms with Crippen LogP contribution in [0.2, 0.25) is 5.02 Å². The molecule has 0 heterocycles. The summed E-state index contributed by atoms with van der Waals surface area (Å²) in [5.41, 5.74) is 4.81. The fraction of sp³-hybridized carbons (Fsp3) is 0.167. The Hall–Kier alpha value is -0.530. The molecule has 2 heteroatoms. The Kier molecular flexibility index (Phi) is 2.54. The molecule has 0 fully saturated rings. The average Bonchev–Trinajstić information content (AvgIpc) is 2.34. The molecule has 0 saturated carbocycles. The molecule has 0 aliphatic heterocycles. The van der Waals surface area contributed by atoms with E-state index in [4.69, 9.17) is 11.6 Å². The smallest absolute Gasteiger partial charge is 0.0476 e. The van der Waals surface area contributed by atoms with Gasteiger partial charge in [0.25, 0.3) is 0 Å². The summed E-state index contributed by atoms with van der Waals surface area (Å²) >= 11 is 9.65. The Morgan fingerprint density at radius 3 is 1.79 bits per heavy atom. The first kappa shape index (κ1) is 10.0.